The lowest BCUT2D eigenvalue weighted by Gasteiger charge is -2.00. The number of aromatic nitrogens is 2. The Morgan fingerprint density at radius 1 is 1.10 bits per heavy atom. The van der Waals surface area contributed by atoms with E-state index >= 15 is 0 Å². The third-order valence-electron chi connectivity index (χ3n) is 4.03. The van der Waals surface area contributed by atoms with Gasteiger partial charge in [-0.25, -0.2) is 18.4 Å². The summed E-state index contributed by atoms with van der Waals surface area (Å²) in [6.07, 6.45) is 4.00. The molecule has 0 atom stereocenters. The van der Waals surface area contributed by atoms with Crippen molar-refractivity contribution in [1.29, 1.82) is 0 Å². The normalized spacial score (nSPS) is 11.7. The van der Waals surface area contributed by atoms with Crippen LogP contribution in [0.25, 0.3) is 16.3 Å². The van der Waals surface area contributed by atoms with Gasteiger partial charge in [-0.15, -0.1) is 11.3 Å². The molecule has 1 N–H and O–H groups in total. The maximum atomic E-state index is 12.7. The van der Waals surface area contributed by atoms with Gasteiger partial charge in [-0.2, -0.15) is 0 Å². The van der Waals surface area contributed by atoms with Crippen LogP contribution in [0.1, 0.15) is 5.01 Å². The molecule has 4 rings (SSSR count). The van der Waals surface area contributed by atoms with Gasteiger partial charge in [0.05, 0.1) is 26.2 Å². The van der Waals surface area contributed by atoms with Gasteiger partial charge in [0.15, 0.2) is 5.13 Å². The maximum absolute atomic E-state index is 12.7. The maximum Gasteiger partial charge on any atom is 0.269 e. The summed E-state index contributed by atoms with van der Waals surface area (Å²) in [7, 11) is -3.91. The number of nitrogens with zero attached hydrogens (tertiary/aromatic N) is 3. The molecule has 0 aliphatic heterocycles. The first-order valence-corrected chi connectivity index (χ1v) is 11.7. The van der Waals surface area contributed by atoms with Crippen LogP contribution in [0.15, 0.2) is 69.9 Å². The lowest BCUT2D eigenvalue weighted by molar-refractivity contribution is -0.384. The number of para-hydroxylation sites is 1. The Labute approximate surface area is 183 Å². The van der Waals surface area contributed by atoms with Gasteiger partial charge in [0.1, 0.15) is 9.22 Å². The molecule has 0 fully saturated rings. The second kappa shape index (κ2) is 8.34. The molecule has 2 aromatic heterocycles. The zero-order chi connectivity index (χ0) is 22.0. The van der Waals surface area contributed by atoms with E-state index in [-0.39, 0.29) is 19.9 Å². The number of non-ortho nitro benzene ring substituents is 1. The van der Waals surface area contributed by atoms with Gasteiger partial charge < -0.3 is 0 Å². The lowest BCUT2D eigenvalue weighted by atomic mass is 10.3. The number of carbonyl (C=O) groups is 1. The van der Waals surface area contributed by atoms with Crippen molar-refractivity contribution >= 4 is 65.5 Å². The van der Waals surface area contributed by atoms with Crippen molar-refractivity contribution < 1.29 is 18.1 Å². The molecule has 2 heterocycles. The van der Waals surface area contributed by atoms with E-state index in [0.29, 0.717) is 5.01 Å². The van der Waals surface area contributed by atoms with Gasteiger partial charge >= 0.3 is 0 Å². The van der Waals surface area contributed by atoms with Gasteiger partial charge in [0.25, 0.3) is 5.69 Å². The van der Waals surface area contributed by atoms with Crippen molar-refractivity contribution in [2.75, 3.05) is 5.32 Å². The second-order valence-corrected chi connectivity index (χ2v) is 10.4. The highest BCUT2D eigenvalue weighted by Crippen LogP contribution is 2.29. The van der Waals surface area contributed by atoms with E-state index in [4.69, 9.17) is 0 Å². The Bertz CT molecular complexity index is 1390. The number of amides is 1. The predicted molar refractivity (Wildman–Crippen MR) is 118 cm³/mol. The van der Waals surface area contributed by atoms with E-state index in [0.717, 1.165) is 52.0 Å². The molecule has 0 saturated carbocycles. The van der Waals surface area contributed by atoms with Crippen molar-refractivity contribution in [3.05, 3.63) is 75.9 Å². The summed E-state index contributed by atoms with van der Waals surface area (Å²) in [6, 6.07) is 12.2. The number of benzene rings is 2. The Morgan fingerprint density at radius 2 is 1.84 bits per heavy atom. The van der Waals surface area contributed by atoms with Crippen molar-refractivity contribution in [3.8, 4) is 0 Å². The quantitative estimate of drug-likeness (QED) is 0.253. The first-order chi connectivity index (χ1) is 14.8. The van der Waals surface area contributed by atoms with Crippen LogP contribution in [-0.2, 0) is 14.6 Å². The molecule has 2 aromatic carbocycles. The number of hydrogen-bond donors (Lipinski definition) is 1. The number of nitro benzene ring substituents is 1. The summed E-state index contributed by atoms with van der Waals surface area (Å²) in [5, 5.41) is 14.0. The number of carbonyl (C=O) groups excluding carboxylic acids is 1. The van der Waals surface area contributed by atoms with Gasteiger partial charge in [-0.3, -0.25) is 20.2 Å². The van der Waals surface area contributed by atoms with Gasteiger partial charge in [0.2, 0.25) is 15.7 Å². The molecule has 0 unspecified atom stereocenters. The number of hydrogen-bond acceptors (Lipinski definition) is 9. The highest BCUT2D eigenvalue weighted by Gasteiger charge is 2.22. The van der Waals surface area contributed by atoms with Crippen LogP contribution in [0.5, 0.6) is 0 Å². The van der Waals surface area contributed by atoms with E-state index in [1.54, 1.807) is 6.08 Å². The molecule has 1 amide bonds. The number of fused-ring (bicyclic) bond motifs is 1. The summed E-state index contributed by atoms with van der Waals surface area (Å²) in [6.45, 7) is 0. The average Bonchev–Trinajstić information content (AvgIpc) is 3.39. The SMILES string of the molecule is O=C(/C=C/c1nc2ccccc2s1)Nc1ncc(S(=O)(=O)c2ccc([N+](=O)[O-])cc2)s1. The minimum Gasteiger partial charge on any atom is -0.298 e. The molecule has 4 aromatic rings. The Kier molecular flexibility index (Phi) is 5.59. The highest BCUT2D eigenvalue weighted by molar-refractivity contribution is 7.93. The molecule has 31 heavy (non-hydrogen) atoms. The summed E-state index contributed by atoms with van der Waals surface area (Å²) in [5.74, 6) is -0.479. The molecule has 0 aliphatic rings. The van der Waals surface area contributed by atoms with Crippen molar-refractivity contribution in [3.63, 3.8) is 0 Å². The number of thiazole rings is 2. The van der Waals surface area contributed by atoms with E-state index in [2.05, 4.69) is 15.3 Å². The summed E-state index contributed by atoms with van der Waals surface area (Å²) in [5.41, 5.74) is 0.629. The predicted octanol–water partition coefficient (Wildman–Crippen LogP) is 4.15. The van der Waals surface area contributed by atoms with Gasteiger partial charge in [0, 0.05) is 18.2 Å². The Hall–Kier alpha value is -3.48. The number of anilines is 1. The van der Waals surface area contributed by atoms with Crippen LogP contribution in [0, 0.1) is 10.1 Å². The first-order valence-electron chi connectivity index (χ1n) is 8.63. The summed E-state index contributed by atoms with van der Waals surface area (Å²) < 4.78 is 26.3. The summed E-state index contributed by atoms with van der Waals surface area (Å²) >= 11 is 2.23. The van der Waals surface area contributed by atoms with Crippen LogP contribution in [-0.4, -0.2) is 29.2 Å². The third-order valence-corrected chi connectivity index (χ3v) is 8.17. The highest BCUT2D eigenvalue weighted by atomic mass is 32.2. The standard InChI is InChI=1S/C19H12N4O5S3/c24-16(9-10-17-21-14-3-1-2-4-15(14)29-17)22-19-20-11-18(30-19)31(27,28)13-7-5-12(6-8-13)23(25)26/h1-11H,(H,20,22,24)/b10-9+. The van der Waals surface area contributed by atoms with Crippen LogP contribution in [0.3, 0.4) is 0 Å². The lowest BCUT2D eigenvalue weighted by Crippen LogP contribution is -2.07. The molecular weight excluding hydrogens is 460 g/mol. The van der Waals surface area contributed by atoms with Crippen LogP contribution < -0.4 is 5.32 Å². The van der Waals surface area contributed by atoms with Crippen LogP contribution in [0.4, 0.5) is 10.8 Å². The molecule has 9 nitrogen and oxygen atoms in total. The molecule has 0 bridgehead atoms. The minimum atomic E-state index is -3.91. The number of sulfone groups is 1. The minimum absolute atomic E-state index is 0.0909. The second-order valence-electron chi connectivity index (χ2n) is 6.08. The molecule has 0 spiro atoms. The number of rotatable bonds is 6. The molecule has 156 valence electrons. The van der Waals surface area contributed by atoms with Crippen molar-refractivity contribution in [2.24, 2.45) is 0 Å². The zero-order valence-corrected chi connectivity index (χ0v) is 17.9. The molecule has 0 aliphatic carbocycles. The molecule has 0 radical (unpaired) electrons. The number of nitro groups is 1. The topological polar surface area (TPSA) is 132 Å². The molecule has 12 heteroatoms. The molecular formula is C19H12N4O5S3. The zero-order valence-electron chi connectivity index (χ0n) is 15.5. The van der Waals surface area contributed by atoms with Crippen LogP contribution >= 0.6 is 22.7 Å². The van der Waals surface area contributed by atoms with Crippen molar-refractivity contribution in [1.82, 2.24) is 9.97 Å². The fourth-order valence-corrected chi connectivity index (χ4v) is 5.87. The number of nitrogens with one attached hydrogen (secondary N) is 1. The van der Waals surface area contributed by atoms with E-state index in [9.17, 15) is 23.3 Å². The van der Waals surface area contributed by atoms with Gasteiger partial charge in [-0.05, 0) is 30.3 Å². The Morgan fingerprint density at radius 3 is 2.55 bits per heavy atom. The van der Waals surface area contributed by atoms with E-state index in [1.165, 1.54) is 17.4 Å². The van der Waals surface area contributed by atoms with Crippen molar-refractivity contribution in [2.45, 2.75) is 9.10 Å². The monoisotopic (exact) mass is 472 g/mol. The Balaban J connectivity index is 1.46. The fraction of sp³-hybridized carbons (Fsp3) is 0. The first kappa shape index (κ1) is 20.8. The van der Waals surface area contributed by atoms with E-state index in [1.807, 2.05) is 24.3 Å². The smallest absolute Gasteiger partial charge is 0.269 e. The van der Waals surface area contributed by atoms with E-state index < -0.39 is 20.7 Å². The van der Waals surface area contributed by atoms with Gasteiger partial charge in [-0.1, -0.05) is 23.5 Å². The average molecular weight is 473 g/mol. The largest absolute Gasteiger partial charge is 0.298 e. The summed E-state index contributed by atoms with van der Waals surface area (Å²) in [4.78, 5) is 30.5. The van der Waals surface area contributed by atoms with Crippen LogP contribution in [0.2, 0.25) is 0 Å². The molecule has 0 saturated heterocycles. The third kappa shape index (κ3) is 4.50. The fourth-order valence-electron chi connectivity index (χ4n) is 2.56.